The highest BCUT2D eigenvalue weighted by Crippen LogP contribution is 2.25. The number of anilines is 1. The van der Waals surface area contributed by atoms with Crippen molar-refractivity contribution in [3.05, 3.63) is 22.2 Å². The van der Waals surface area contributed by atoms with E-state index in [1.807, 2.05) is 6.92 Å². The monoisotopic (exact) mass is 235 g/mol. The predicted molar refractivity (Wildman–Crippen MR) is 69.3 cm³/mol. The summed E-state index contributed by atoms with van der Waals surface area (Å²) in [5, 5.41) is 3.39. The van der Waals surface area contributed by atoms with E-state index in [1.54, 1.807) is 6.07 Å². The van der Waals surface area contributed by atoms with Crippen LogP contribution < -0.4 is 10.9 Å². The van der Waals surface area contributed by atoms with Crippen LogP contribution in [0, 0.1) is 5.92 Å². The molecule has 0 radical (unpaired) electrons. The number of nitrogens with one attached hydrogen (secondary N) is 2. The topological polar surface area (TPSA) is 57.8 Å². The van der Waals surface area contributed by atoms with E-state index in [4.69, 9.17) is 0 Å². The standard InChI is InChI=1S/C13H21N3O/c1-3-11-15-12(8-13(17)16-11)14-10-6-4-9(2)5-7-10/h8-10H,3-7H2,1-2H3,(H2,14,15,16,17). The van der Waals surface area contributed by atoms with Crippen molar-refractivity contribution >= 4 is 5.82 Å². The molecule has 1 aliphatic carbocycles. The lowest BCUT2D eigenvalue weighted by Crippen LogP contribution is -2.26. The van der Waals surface area contributed by atoms with Crippen LogP contribution in [0.2, 0.25) is 0 Å². The zero-order valence-corrected chi connectivity index (χ0v) is 10.6. The van der Waals surface area contributed by atoms with E-state index in [1.165, 1.54) is 25.7 Å². The van der Waals surface area contributed by atoms with Gasteiger partial charge in [-0.15, -0.1) is 0 Å². The van der Waals surface area contributed by atoms with Crippen LogP contribution in [-0.2, 0) is 6.42 Å². The number of hydrogen-bond acceptors (Lipinski definition) is 3. The summed E-state index contributed by atoms with van der Waals surface area (Å²) in [4.78, 5) is 18.6. The van der Waals surface area contributed by atoms with Crippen molar-refractivity contribution < 1.29 is 0 Å². The molecule has 0 unspecified atom stereocenters. The molecule has 2 N–H and O–H groups in total. The molecule has 2 rings (SSSR count). The number of rotatable bonds is 3. The second-order valence-corrected chi connectivity index (χ2v) is 5.03. The molecule has 0 spiro atoms. The minimum Gasteiger partial charge on any atom is -0.367 e. The minimum absolute atomic E-state index is 0.0662. The molecule has 0 aromatic carbocycles. The van der Waals surface area contributed by atoms with E-state index in [-0.39, 0.29) is 5.56 Å². The van der Waals surface area contributed by atoms with Crippen molar-refractivity contribution in [2.45, 2.75) is 52.0 Å². The zero-order chi connectivity index (χ0) is 12.3. The van der Waals surface area contributed by atoms with Gasteiger partial charge in [-0.1, -0.05) is 13.8 Å². The van der Waals surface area contributed by atoms with E-state index in [0.717, 1.165) is 24.0 Å². The Bertz CT molecular complexity index is 419. The Morgan fingerprint density at radius 1 is 1.41 bits per heavy atom. The van der Waals surface area contributed by atoms with Gasteiger partial charge in [0.25, 0.3) is 5.56 Å². The molecule has 0 aliphatic heterocycles. The highest BCUT2D eigenvalue weighted by Gasteiger charge is 2.18. The van der Waals surface area contributed by atoms with Crippen molar-refractivity contribution in [1.29, 1.82) is 0 Å². The fraction of sp³-hybridized carbons (Fsp3) is 0.692. The third-order valence-electron chi connectivity index (χ3n) is 3.49. The van der Waals surface area contributed by atoms with Crippen LogP contribution in [0.3, 0.4) is 0 Å². The van der Waals surface area contributed by atoms with Gasteiger partial charge in [-0.05, 0) is 31.6 Å². The van der Waals surface area contributed by atoms with Crippen LogP contribution in [0.4, 0.5) is 5.82 Å². The maximum absolute atomic E-state index is 11.4. The maximum Gasteiger partial charge on any atom is 0.252 e. The molecular weight excluding hydrogens is 214 g/mol. The fourth-order valence-corrected chi connectivity index (χ4v) is 2.36. The second kappa shape index (κ2) is 5.34. The van der Waals surface area contributed by atoms with Gasteiger partial charge < -0.3 is 10.3 Å². The summed E-state index contributed by atoms with van der Waals surface area (Å²) in [6.45, 7) is 4.29. The lowest BCUT2D eigenvalue weighted by molar-refractivity contribution is 0.360. The summed E-state index contributed by atoms with van der Waals surface area (Å²) in [7, 11) is 0. The molecule has 0 amide bonds. The van der Waals surface area contributed by atoms with Crippen molar-refractivity contribution in [2.24, 2.45) is 5.92 Å². The molecular formula is C13H21N3O. The van der Waals surface area contributed by atoms with Gasteiger partial charge >= 0.3 is 0 Å². The van der Waals surface area contributed by atoms with E-state index >= 15 is 0 Å². The van der Waals surface area contributed by atoms with Crippen molar-refractivity contribution in [3.63, 3.8) is 0 Å². The van der Waals surface area contributed by atoms with E-state index in [0.29, 0.717) is 6.04 Å². The predicted octanol–water partition coefficient (Wildman–Crippen LogP) is 2.32. The van der Waals surface area contributed by atoms with E-state index in [2.05, 4.69) is 22.2 Å². The molecule has 0 saturated heterocycles. The summed E-state index contributed by atoms with van der Waals surface area (Å²) in [6.07, 6.45) is 5.64. The van der Waals surface area contributed by atoms with Gasteiger partial charge in [0.2, 0.25) is 0 Å². The van der Waals surface area contributed by atoms with Gasteiger partial charge in [-0.25, -0.2) is 4.98 Å². The van der Waals surface area contributed by atoms with Gasteiger partial charge in [-0.3, -0.25) is 4.79 Å². The highest BCUT2D eigenvalue weighted by atomic mass is 16.1. The molecule has 4 heteroatoms. The first-order valence-electron chi connectivity index (χ1n) is 6.54. The lowest BCUT2D eigenvalue weighted by Gasteiger charge is -2.27. The molecule has 1 fully saturated rings. The van der Waals surface area contributed by atoms with E-state index < -0.39 is 0 Å². The van der Waals surface area contributed by atoms with Crippen LogP contribution in [0.5, 0.6) is 0 Å². The zero-order valence-electron chi connectivity index (χ0n) is 10.6. The molecule has 0 atom stereocenters. The van der Waals surface area contributed by atoms with Gasteiger partial charge in [0.1, 0.15) is 11.6 Å². The summed E-state index contributed by atoms with van der Waals surface area (Å²) in [5.74, 6) is 2.32. The molecule has 17 heavy (non-hydrogen) atoms. The summed E-state index contributed by atoms with van der Waals surface area (Å²) in [6, 6.07) is 2.03. The number of H-pyrrole nitrogens is 1. The Balaban J connectivity index is 2.03. The number of aromatic amines is 1. The van der Waals surface area contributed by atoms with Gasteiger partial charge in [0.15, 0.2) is 0 Å². The Kier molecular flexibility index (Phi) is 3.82. The molecule has 1 heterocycles. The van der Waals surface area contributed by atoms with E-state index in [9.17, 15) is 4.79 Å². The van der Waals surface area contributed by atoms with Crippen LogP contribution >= 0.6 is 0 Å². The number of hydrogen-bond donors (Lipinski definition) is 2. The third-order valence-corrected chi connectivity index (χ3v) is 3.49. The molecule has 1 saturated carbocycles. The summed E-state index contributed by atoms with van der Waals surface area (Å²) >= 11 is 0. The summed E-state index contributed by atoms with van der Waals surface area (Å²) in [5.41, 5.74) is -0.0662. The summed E-state index contributed by atoms with van der Waals surface area (Å²) < 4.78 is 0. The molecule has 1 aromatic heterocycles. The van der Waals surface area contributed by atoms with Gasteiger partial charge in [-0.2, -0.15) is 0 Å². The van der Waals surface area contributed by atoms with Crippen LogP contribution in [0.25, 0.3) is 0 Å². The van der Waals surface area contributed by atoms with Gasteiger partial charge in [0.05, 0.1) is 0 Å². The number of nitrogens with zero attached hydrogens (tertiary/aromatic N) is 1. The Hall–Kier alpha value is -1.32. The largest absolute Gasteiger partial charge is 0.367 e. The maximum atomic E-state index is 11.4. The minimum atomic E-state index is -0.0662. The molecule has 4 nitrogen and oxygen atoms in total. The molecule has 1 aromatic rings. The Morgan fingerprint density at radius 3 is 2.76 bits per heavy atom. The normalized spacial score (nSPS) is 24.6. The fourth-order valence-electron chi connectivity index (χ4n) is 2.36. The third kappa shape index (κ3) is 3.32. The average molecular weight is 235 g/mol. The highest BCUT2D eigenvalue weighted by molar-refractivity contribution is 5.34. The first kappa shape index (κ1) is 12.1. The SMILES string of the molecule is CCc1nc(NC2CCC(C)CC2)cc(=O)[nH]1. The van der Waals surface area contributed by atoms with Crippen LogP contribution in [0.1, 0.15) is 45.4 Å². The smallest absolute Gasteiger partial charge is 0.252 e. The lowest BCUT2D eigenvalue weighted by atomic mass is 9.87. The van der Waals surface area contributed by atoms with Crippen LogP contribution in [-0.4, -0.2) is 16.0 Å². The Morgan fingerprint density at radius 2 is 2.12 bits per heavy atom. The second-order valence-electron chi connectivity index (χ2n) is 5.03. The van der Waals surface area contributed by atoms with Crippen molar-refractivity contribution in [3.8, 4) is 0 Å². The first-order valence-corrected chi connectivity index (χ1v) is 6.54. The average Bonchev–Trinajstić information content (AvgIpc) is 2.31. The first-order chi connectivity index (χ1) is 8.17. The Labute approximate surface area is 102 Å². The van der Waals surface area contributed by atoms with Crippen molar-refractivity contribution in [1.82, 2.24) is 9.97 Å². The van der Waals surface area contributed by atoms with Gasteiger partial charge in [0, 0.05) is 18.5 Å². The number of aryl methyl sites for hydroxylation is 1. The molecule has 1 aliphatic rings. The van der Waals surface area contributed by atoms with Crippen molar-refractivity contribution in [2.75, 3.05) is 5.32 Å². The van der Waals surface area contributed by atoms with Crippen LogP contribution in [0.15, 0.2) is 10.9 Å². The molecule has 94 valence electrons. The quantitative estimate of drug-likeness (QED) is 0.845. The molecule has 0 bridgehead atoms. The number of aromatic nitrogens is 2.